The van der Waals surface area contributed by atoms with E-state index in [1.807, 2.05) is 18.7 Å². The molecule has 22 heavy (non-hydrogen) atoms. The minimum atomic E-state index is -0.428. The van der Waals surface area contributed by atoms with Crippen LogP contribution in [0.25, 0.3) is 0 Å². The quantitative estimate of drug-likeness (QED) is 0.737. The topological polar surface area (TPSA) is 69.9 Å². The molecule has 2 amide bonds. The summed E-state index contributed by atoms with van der Waals surface area (Å²) in [5.74, 6) is 0.363. The van der Waals surface area contributed by atoms with Crippen LogP contribution < -0.4 is 5.73 Å². The normalized spacial score (nSPS) is 18.5. The molecule has 2 unspecified atom stereocenters. The van der Waals surface area contributed by atoms with Gasteiger partial charge in [-0.25, -0.2) is 0 Å². The molecule has 1 aliphatic heterocycles. The van der Waals surface area contributed by atoms with Gasteiger partial charge in [0.2, 0.25) is 11.8 Å². The second-order valence-corrected chi connectivity index (χ2v) is 6.08. The summed E-state index contributed by atoms with van der Waals surface area (Å²) in [6, 6.07) is -0.428. The molecule has 0 bridgehead atoms. The zero-order valence-corrected chi connectivity index (χ0v) is 14.5. The van der Waals surface area contributed by atoms with E-state index in [4.69, 9.17) is 5.73 Å². The molecule has 1 saturated heterocycles. The summed E-state index contributed by atoms with van der Waals surface area (Å²) in [7, 11) is 0. The Kier molecular flexibility index (Phi) is 7.82. The largest absolute Gasteiger partial charge is 0.338 e. The summed E-state index contributed by atoms with van der Waals surface area (Å²) < 4.78 is 0. The van der Waals surface area contributed by atoms with Gasteiger partial charge in [0.1, 0.15) is 0 Å². The van der Waals surface area contributed by atoms with E-state index in [1.165, 1.54) is 0 Å². The van der Waals surface area contributed by atoms with Crippen molar-refractivity contribution in [3.63, 3.8) is 0 Å². The van der Waals surface area contributed by atoms with E-state index in [9.17, 15) is 9.59 Å². The number of hydrogen-bond acceptors (Lipinski definition) is 4. The summed E-state index contributed by atoms with van der Waals surface area (Å²) in [6.45, 7) is 12.8. The number of hydrogen-bond donors (Lipinski definition) is 1. The van der Waals surface area contributed by atoms with Gasteiger partial charge in [-0.15, -0.1) is 0 Å². The van der Waals surface area contributed by atoms with Crippen molar-refractivity contribution in [2.45, 2.75) is 40.2 Å². The molecule has 2 atom stereocenters. The summed E-state index contributed by atoms with van der Waals surface area (Å²) in [5.41, 5.74) is 6.02. The smallest absolute Gasteiger partial charge is 0.239 e. The van der Waals surface area contributed by atoms with Crippen molar-refractivity contribution >= 4 is 11.8 Å². The van der Waals surface area contributed by atoms with Gasteiger partial charge >= 0.3 is 0 Å². The summed E-state index contributed by atoms with van der Waals surface area (Å²) in [4.78, 5) is 30.4. The van der Waals surface area contributed by atoms with Gasteiger partial charge in [-0.3, -0.25) is 14.5 Å². The molecule has 0 spiro atoms. The lowest BCUT2D eigenvalue weighted by Gasteiger charge is -2.37. The molecule has 2 N–H and O–H groups in total. The van der Waals surface area contributed by atoms with E-state index in [-0.39, 0.29) is 17.7 Å². The van der Waals surface area contributed by atoms with Crippen LogP contribution in [0.2, 0.25) is 0 Å². The molecule has 0 aromatic carbocycles. The lowest BCUT2D eigenvalue weighted by atomic mass is 9.98. The fraction of sp³-hybridized carbons (Fsp3) is 0.875. The van der Waals surface area contributed by atoms with Crippen LogP contribution in [0.15, 0.2) is 0 Å². The van der Waals surface area contributed by atoms with Crippen LogP contribution in [-0.2, 0) is 9.59 Å². The van der Waals surface area contributed by atoms with E-state index in [0.29, 0.717) is 32.7 Å². The van der Waals surface area contributed by atoms with Gasteiger partial charge in [0.05, 0.1) is 12.6 Å². The Morgan fingerprint density at radius 2 is 1.55 bits per heavy atom. The minimum Gasteiger partial charge on any atom is -0.338 e. The Hall–Kier alpha value is -1.14. The van der Waals surface area contributed by atoms with Gasteiger partial charge in [0, 0.05) is 26.2 Å². The predicted octanol–water partition coefficient (Wildman–Crippen LogP) is 0.372. The molecule has 0 radical (unpaired) electrons. The maximum atomic E-state index is 12.3. The molecule has 0 aromatic heterocycles. The average molecular weight is 312 g/mol. The molecular weight excluding hydrogens is 280 g/mol. The number of carbonyl (C=O) groups is 2. The monoisotopic (exact) mass is 312 g/mol. The molecule has 1 aliphatic rings. The second-order valence-electron chi connectivity index (χ2n) is 6.08. The van der Waals surface area contributed by atoms with E-state index in [2.05, 4.69) is 18.7 Å². The maximum absolute atomic E-state index is 12.3. The zero-order chi connectivity index (χ0) is 16.7. The van der Waals surface area contributed by atoms with Crippen LogP contribution >= 0.6 is 0 Å². The Morgan fingerprint density at radius 1 is 1.05 bits per heavy atom. The van der Waals surface area contributed by atoms with Crippen molar-refractivity contribution in [2.75, 3.05) is 45.8 Å². The molecule has 1 heterocycles. The molecule has 6 nitrogen and oxygen atoms in total. The fourth-order valence-corrected chi connectivity index (χ4v) is 2.62. The van der Waals surface area contributed by atoms with E-state index >= 15 is 0 Å². The fourth-order valence-electron chi connectivity index (χ4n) is 2.62. The van der Waals surface area contributed by atoms with Gasteiger partial charge in [-0.05, 0) is 19.0 Å². The minimum absolute atomic E-state index is 0.0187. The Labute approximate surface area is 134 Å². The second kappa shape index (κ2) is 9.10. The average Bonchev–Trinajstić information content (AvgIpc) is 2.57. The first kappa shape index (κ1) is 18.9. The summed E-state index contributed by atoms with van der Waals surface area (Å²) >= 11 is 0. The van der Waals surface area contributed by atoms with Gasteiger partial charge in [-0.1, -0.05) is 34.1 Å². The summed E-state index contributed by atoms with van der Waals surface area (Å²) in [6.07, 6.45) is 0.898. The van der Waals surface area contributed by atoms with Crippen molar-refractivity contribution in [3.05, 3.63) is 0 Å². The number of likely N-dealkylation sites (N-methyl/N-ethyl adjacent to an activating group) is 1. The van der Waals surface area contributed by atoms with Crippen molar-refractivity contribution in [1.82, 2.24) is 14.7 Å². The van der Waals surface area contributed by atoms with Crippen molar-refractivity contribution in [3.8, 4) is 0 Å². The number of nitrogens with two attached hydrogens (primary N) is 1. The van der Waals surface area contributed by atoms with Crippen LogP contribution in [-0.4, -0.2) is 78.4 Å². The third-order valence-electron chi connectivity index (χ3n) is 4.74. The maximum Gasteiger partial charge on any atom is 0.239 e. The van der Waals surface area contributed by atoms with Crippen molar-refractivity contribution < 1.29 is 9.59 Å². The zero-order valence-electron chi connectivity index (χ0n) is 14.5. The van der Waals surface area contributed by atoms with Gasteiger partial charge in [0.25, 0.3) is 0 Å². The van der Waals surface area contributed by atoms with Crippen molar-refractivity contribution in [1.29, 1.82) is 0 Å². The predicted molar refractivity (Wildman–Crippen MR) is 88.4 cm³/mol. The number of piperazine rings is 1. The first-order chi connectivity index (χ1) is 10.4. The Balaban J connectivity index is 2.46. The highest BCUT2D eigenvalue weighted by Gasteiger charge is 2.29. The lowest BCUT2D eigenvalue weighted by molar-refractivity contribution is -0.141. The molecule has 1 fully saturated rings. The highest BCUT2D eigenvalue weighted by Crippen LogP contribution is 2.11. The summed E-state index contributed by atoms with van der Waals surface area (Å²) in [5, 5.41) is 0. The van der Waals surface area contributed by atoms with Gasteiger partial charge in [0.15, 0.2) is 0 Å². The SMILES string of the molecule is CCC(C)C(N)C(=O)N1CCN(C(=O)CN(CC)CC)CC1. The first-order valence-electron chi connectivity index (χ1n) is 8.48. The molecule has 1 rings (SSSR count). The number of nitrogens with zero attached hydrogens (tertiary/aromatic N) is 3. The highest BCUT2D eigenvalue weighted by molar-refractivity contribution is 5.83. The van der Waals surface area contributed by atoms with Gasteiger partial charge < -0.3 is 15.5 Å². The third kappa shape index (κ3) is 4.95. The van der Waals surface area contributed by atoms with Crippen LogP contribution in [0.4, 0.5) is 0 Å². The van der Waals surface area contributed by atoms with Crippen LogP contribution in [0.5, 0.6) is 0 Å². The molecule has 0 aliphatic carbocycles. The Bertz CT molecular complexity index is 363. The highest BCUT2D eigenvalue weighted by atomic mass is 16.2. The first-order valence-corrected chi connectivity index (χ1v) is 8.48. The van der Waals surface area contributed by atoms with Crippen molar-refractivity contribution in [2.24, 2.45) is 11.7 Å². The number of rotatable bonds is 7. The Morgan fingerprint density at radius 3 is 2.00 bits per heavy atom. The van der Waals surface area contributed by atoms with Gasteiger partial charge in [-0.2, -0.15) is 0 Å². The lowest BCUT2D eigenvalue weighted by Crippen LogP contribution is -2.56. The number of carbonyl (C=O) groups excluding carboxylic acids is 2. The number of amides is 2. The molecule has 128 valence electrons. The van der Waals surface area contributed by atoms with E-state index < -0.39 is 6.04 Å². The standard InChI is InChI=1S/C16H32N4O2/c1-5-13(4)15(17)16(22)20-10-8-19(9-11-20)14(21)12-18(6-2)7-3/h13,15H,5-12,17H2,1-4H3. The van der Waals surface area contributed by atoms with E-state index in [1.54, 1.807) is 4.90 Å². The third-order valence-corrected chi connectivity index (χ3v) is 4.74. The van der Waals surface area contributed by atoms with Crippen LogP contribution in [0.3, 0.4) is 0 Å². The van der Waals surface area contributed by atoms with Crippen LogP contribution in [0.1, 0.15) is 34.1 Å². The molecule has 6 heteroatoms. The van der Waals surface area contributed by atoms with Crippen LogP contribution in [0, 0.1) is 5.92 Å². The van der Waals surface area contributed by atoms with E-state index in [0.717, 1.165) is 19.5 Å². The molecular formula is C16H32N4O2. The molecule has 0 aromatic rings. The molecule has 0 saturated carbocycles.